The van der Waals surface area contributed by atoms with Crippen LogP contribution in [0.2, 0.25) is 0 Å². The summed E-state index contributed by atoms with van der Waals surface area (Å²) in [5, 5.41) is 9.49. The van der Waals surface area contributed by atoms with Gasteiger partial charge in [0.05, 0.1) is 18.8 Å². The first-order valence-electron chi connectivity index (χ1n) is 16.2. The number of hydrogen-bond acceptors (Lipinski definition) is 6. The lowest BCUT2D eigenvalue weighted by Crippen LogP contribution is -2.28. The Kier molecular flexibility index (Phi) is 22.3. The van der Waals surface area contributed by atoms with Gasteiger partial charge in [-0.05, 0) is 44.4 Å². The van der Waals surface area contributed by atoms with Crippen LogP contribution in [0, 0.1) is 5.92 Å². The van der Waals surface area contributed by atoms with Gasteiger partial charge in [-0.1, -0.05) is 110 Å². The van der Waals surface area contributed by atoms with E-state index >= 15 is 0 Å². The minimum absolute atomic E-state index is 0.0743. The third-order valence-corrected chi connectivity index (χ3v) is 7.41. The Morgan fingerprint density at radius 2 is 1.44 bits per heavy atom. The molecule has 0 amide bonds. The predicted molar refractivity (Wildman–Crippen MR) is 159 cm³/mol. The Labute approximate surface area is 239 Å². The van der Waals surface area contributed by atoms with Gasteiger partial charge in [-0.2, -0.15) is 0 Å². The number of ether oxygens (including phenoxy) is 3. The van der Waals surface area contributed by atoms with E-state index < -0.39 is 6.10 Å². The normalized spacial score (nSPS) is 17.6. The molecule has 1 aliphatic heterocycles. The molecule has 0 spiro atoms. The first kappa shape index (κ1) is 35.6. The second-order valence-corrected chi connectivity index (χ2v) is 11.8. The maximum Gasteiger partial charge on any atom is 0.306 e. The third kappa shape index (κ3) is 22.0. The van der Waals surface area contributed by atoms with Gasteiger partial charge in [-0.15, -0.1) is 0 Å². The van der Waals surface area contributed by atoms with Gasteiger partial charge in [0, 0.05) is 12.8 Å². The van der Waals surface area contributed by atoms with E-state index in [2.05, 4.69) is 32.9 Å². The van der Waals surface area contributed by atoms with Gasteiger partial charge >= 0.3 is 11.9 Å². The van der Waals surface area contributed by atoms with Crippen molar-refractivity contribution in [2.24, 2.45) is 5.92 Å². The molecule has 0 aliphatic carbocycles. The zero-order chi connectivity index (χ0) is 28.6. The highest BCUT2D eigenvalue weighted by molar-refractivity contribution is 5.70. The van der Waals surface area contributed by atoms with E-state index in [4.69, 9.17) is 14.2 Å². The van der Waals surface area contributed by atoms with Crippen LogP contribution < -0.4 is 0 Å². The summed E-state index contributed by atoms with van der Waals surface area (Å²) in [5.74, 6) is 0.154. The average Bonchev–Trinajstić information content (AvgIpc) is 3.67. The molecule has 0 saturated carbocycles. The average molecular weight is 553 g/mol. The van der Waals surface area contributed by atoms with Crippen LogP contribution in [-0.2, 0) is 23.8 Å². The van der Waals surface area contributed by atoms with Crippen molar-refractivity contribution in [1.29, 1.82) is 0 Å². The molecule has 3 atom stereocenters. The minimum atomic E-state index is -0.778. The summed E-state index contributed by atoms with van der Waals surface area (Å²) in [6.07, 6.45) is 25.9. The monoisotopic (exact) mass is 552 g/mol. The van der Waals surface area contributed by atoms with Crippen LogP contribution in [0.4, 0.5) is 0 Å². The second-order valence-electron chi connectivity index (χ2n) is 11.8. The molecule has 1 N–H and O–H groups in total. The third-order valence-electron chi connectivity index (χ3n) is 7.41. The zero-order valence-electron chi connectivity index (χ0n) is 25.5. The van der Waals surface area contributed by atoms with Gasteiger partial charge in [0.1, 0.15) is 6.61 Å². The lowest BCUT2D eigenvalue weighted by Gasteiger charge is -2.15. The van der Waals surface area contributed by atoms with Gasteiger partial charge in [-0.25, -0.2) is 0 Å². The molecule has 0 aromatic rings. The van der Waals surface area contributed by atoms with Crippen LogP contribution in [0.25, 0.3) is 0 Å². The molecule has 1 fully saturated rings. The fourth-order valence-corrected chi connectivity index (χ4v) is 4.80. The molecule has 0 aromatic carbocycles. The summed E-state index contributed by atoms with van der Waals surface area (Å²) in [6.45, 7) is 6.33. The largest absolute Gasteiger partial charge is 0.462 e. The number of rotatable bonds is 27. The molecule has 6 nitrogen and oxygen atoms in total. The molecule has 39 heavy (non-hydrogen) atoms. The van der Waals surface area contributed by atoms with E-state index in [1.165, 1.54) is 57.8 Å². The van der Waals surface area contributed by atoms with Crippen molar-refractivity contribution >= 4 is 11.9 Å². The Balaban J connectivity index is 1.93. The number of esters is 2. The van der Waals surface area contributed by atoms with Crippen LogP contribution in [0.15, 0.2) is 12.2 Å². The van der Waals surface area contributed by atoms with Crippen molar-refractivity contribution in [3.05, 3.63) is 12.2 Å². The molecular formula is C33H60O6. The lowest BCUT2D eigenvalue weighted by atomic mass is 10.0. The van der Waals surface area contributed by atoms with Crippen LogP contribution >= 0.6 is 0 Å². The van der Waals surface area contributed by atoms with Gasteiger partial charge in [0.15, 0.2) is 6.10 Å². The first-order valence-corrected chi connectivity index (χ1v) is 16.2. The molecule has 2 unspecified atom stereocenters. The van der Waals surface area contributed by atoms with Crippen LogP contribution in [-0.4, -0.2) is 48.6 Å². The van der Waals surface area contributed by atoms with Crippen molar-refractivity contribution in [3.63, 3.8) is 0 Å². The number of carbonyl (C=O) groups is 2. The number of epoxide rings is 1. The zero-order valence-corrected chi connectivity index (χ0v) is 25.5. The van der Waals surface area contributed by atoms with Gasteiger partial charge < -0.3 is 19.3 Å². The maximum atomic E-state index is 12.1. The summed E-state index contributed by atoms with van der Waals surface area (Å²) in [5.41, 5.74) is 0. The van der Waals surface area contributed by atoms with Crippen molar-refractivity contribution in [2.45, 2.75) is 167 Å². The van der Waals surface area contributed by atoms with E-state index in [0.29, 0.717) is 25.0 Å². The summed E-state index contributed by atoms with van der Waals surface area (Å²) in [4.78, 5) is 24.1. The van der Waals surface area contributed by atoms with Crippen LogP contribution in [0.3, 0.4) is 0 Å². The SMILES string of the molecule is CCCCC/C=C\CC1OC1CCCCCCCC(=O)O[C@@H](CO)COC(=O)CCCCCCCCC(C)C. The second kappa shape index (κ2) is 24.4. The Hall–Kier alpha value is -1.40. The van der Waals surface area contributed by atoms with E-state index in [1.54, 1.807) is 0 Å². The highest BCUT2D eigenvalue weighted by Crippen LogP contribution is 2.30. The molecule has 1 heterocycles. The smallest absolute Gasteiger partial charge is 0.306 e. The number of allylic oxidation sites excluding steroid dienone is 1. The van der Waals surface area contributed by atoms with Crippen molar-refractivity contribution in [1.82, 2.24) is 0 Å². The van der Waals surface area contributed by atoms with E-state index in [-0.39, 0.29) is 25.2 Å². The lowest BCUT2D eigenvalue weighted by molar-refractivity contribution is -0.161. The number of carbonyl (C=O) groups excluding carboxylic acids is 2. The quantitative estimate of drug-likeness (QED) is 0.0478. The molecule has 0 aromatic heterocycles. The first-order chi connectivity index (χ1) is 19.0. The molecule has 1 saturated heterocycles. The molecule has 228 valence electrons. The fraction of sp³-hybridized carbons (Fsp3) is 0.879. The minimum Gasteiger partial charge on any atom is -0.462 e. The summed E-state index contributed by atoms with van der Waals surface area (Å²) < 4.78 is 16.3. The molecule has 6 heteroatoms. The van der Waals surface area contributed by atoms with Crippen molar-refractivity contribution < 1.29 is 28.9 Å². The predicted octanol–water partition coefficient (Wildman–Crippen LogP) is 8.24. The summed E-state index contributed by atoms with van der Waals surface area (Å²) in [7, 11) is 0. The highest BCUT2D eigenvalue weighted by Gasteiger charge is 2.36. The highest BCUT2D eigenvalue weighted by atomic mass is 16.6. The van der Waals surface area contributed by atoms with E-state index in [1.807, 2.05) is 0 Å². The van der Waals surface area contributed by atoms with Crippen LogP contribution in [0.1, 0.15) is 149 Å². The Morgan fingerprint density at radius 3 is 2.10 bits per heavy atom. The van der Waals surface area contributed by atoms with Gasteiger partial charge in [0.25, 0.3) is 0 Å². The maximum absolute atomic E-state index is 12.1. The molecule has 1 rings (SSSR count). The number of aliphatic hydroxyl groups is 1. The molecule has 0 bridgehead atoms. The number of aliphatic hydroxyl groups excluding tert-OH is 1. The van der Waals surface area contributed by atoms with Gasteiger partial charge in [0.2, 0.25) is 0 Å². The van der Waals surface area contributed by atoms with Crippen molar-refractivity contribution in [2.75, 3.05) is 13.2 Å². The van der Waals surface area contributed by atoms with E-state index in [9.17, 15) is 14.7 Å². The van der Waals surface area contributed by atoms with Crippen molar-refractivity contribution in [3.8, 4) is 0 Å². The number of unbranched alkanes of at least 4 members (excludes halogenated alkanes) is 12. The topological polar surface area (TPSA) is 85.4 Å². The Morgan fingerprint density at radius 1 is 0.795 bits per heavy atom. The fourth-order valence-electron chi connectivity index (χ4n) is 4.80. The summed E-state index contributed by atoms with van der Waals surface area (Å²) in [6, 6.07) is 0. The molecular weight excluding hydrogens is 492 g/mol. The van der Waals surface area contributed by atoms with Gasteiger partial charge in [-0.3, -0.25) is 9.59 Å². The molecule has 0 radical (unpaired) electrons. The standard InChI is InChI=1S/C33H60O6/c1-4-5-6-7-12-17-22-30-31(39-30)23-18-13-10-15-20-25-33(36)38-29(26-34)27-37-32(35)24-19-14-9-8-11-16-21-28(2)3/h12,17,28-31,34H,4-11,13-16,18-27H2,1-3H3/b17-12-/t29-,30?,31?/m0/s1. The number of hydrogen-bond donors (Lipinski definition) is 1. The van der Waals surface area contributed by atoms with Crippen LogP contribution in [0.5, 0.6) is 0 Å². The summed E-state index contributed by atoms with van der Waals surface area (Å²) >= 11 is 0. The van der Waals surface area contributed by atoms with E-state index in [0.717, 1.165) is 63.7 Å². The molecule has 1 aliphatic rings. The Bertz CT molecular complexity index is 632.